The van der Waals surface area contributed by atoms with E-state index in [0.29, 0.717) is 15.4 Å². The molecule has 3 aromatic rings. The molecule has 1 aliphatic rings. The summed E-state index contributed by atoms with van der Waals surface area (Å²) in [4.78, 5) is 36.2. The molecule has 1 N–H and O–H groups in total. The highest BCUT2D eigenvalue weighted by atomic mass is 32.2. The second-order valence-corrected chi connectivity index (χ2v) is 8.55. The van der Waals surface area contributed by atoms with Crippen molar-refractivity contribution in [2.45, 2.75) is 10.8 Å². The van der Waals surface area contributed by atoms with Crippen LogP contribution in [0.15, 0.2) is 70.7 Å². The van der Waals surface area contributed by atoms with Gasteiger partial charge < -0.3 is 5.32 Å². The number of benzene rings is 3. The molecule has 0 aliphatic carbocycles. The minimum absolute atomic E-state index is 0.0704. The molecule has 0 radical (unpaired) electrons. The molecule has 1 heterocycles. The second-order valence-electron chi connectivity index (χ2n) is 6.61. The van der Waals surface area contributed by atoms with Crippen molar-refractivity contribution in [1.82, 2.24) is 4.31 Å². The molecule has 8 nitrogen and oxygen atoms in total. The molecule has 0 fully saturated rings. The maximum Gasteiger partial charge on any atom is 0.266 e. The molecular formula is C20H15N3O5S. The average molecular weight is 409 g/mol. The van der Waals surface area contributed by atoms with E-state index in [1.165, 1.54) is 30.3 Å². The molecular weight excluding hydrogens is 394 g/mol. The van der Waals surface area contributed by atoms with Crippen LogP contribution in [0.25, 0.3) is 10.8 Å². The number of carbonyl (C=O) groups excluding carboxylic acids is 2. The number of hydrogen-bond acceptors (Lipinski definition) is 6. The molecule has 0 aromatic heterocycles. The van der Waals surface area contributed by atoms with Crippen molar-refractivity contribution in [3.8, 4) is 0 Å². The van der Waals surface area contributed by atoms with Gasteiger partial charge in [-0.2, -0.15) is 0 Å². The summed E-state index contributed by atoms with van der Waals surface area (Å²) in [5.74, 6) is -2.83. The molecule has 0 saturated carbocycles. The molecule has 2 amide bonds. The van der Waals surface area contributed by atoms with Gasteiger partial charge in [0.05, 0.1) is 4.90 Å². The summed E-state index contributed by atoms with van der Waals surface area (Å²) in [6, 6.07) is 16.0. The molecule has 29 heavy (non-hydrogen) atoms. The van der Waals surface area contributed by atoms with Crippen molar-refractivity contribution in [2.24, 2.45) is 5.18 Å². The predicted molar refractivity (Wildman–Crippen MR) is 107 cm³/mol. The zero-order chi connectivity index (χ0) is 20.8. The molecule has 9 heteroatoms. The van der Waals surface area contributed by atoms with Gasteiger partial charge in [0.25, 0.3) is 15.9 Å². The Hall–Kier alpha value is -3.59. The highest BCUT2D eigenvalue weighted by molar-refractivity contribution is 7.89. The van der Waals surface area contributed by atoms with Crippen LogP contribution in [0.4, 0.5) is 11.4 Å². The molecule has 0 spiro atoms. The summed E-state index contributed by atoms with van der Waals surface area (Å²) in [7, 11) is -2.91. The Morgan fingerprint density at radius 2 is 1.66 bits per heavy atom. The number of likely N-dealkylation sites (N-methyl/N-ethyl adjacent to an activating group) is 1. The number of amides is 2. The molecule has 146 valence electrons. The van der Waals surface area contributed by atoms with Crippen LogP contribution >= 0.6 is 0 Å². The fourth-order valence-electron chi connectivity index (χ4n) is 3.34. The number of nitroso groups, excluding NO2 is 1. The molecule has 1 aliphatic heterocycles. The zero-order valence-electron chi connectivity index (χ0n) is 15.2. The smallest absolute Gasteiger partial charge is 0.266 e. The van der Waals surface area contributed by atoms with Crippen LogP contribution in [0.1, 0.15) is 11.5 Å². The minimum atomic E-state index is -4.05. The van der Waals surface area contributed by atoms with E-state index in [4.69, 9.17) is 0 Å². The van der Waals surface area contributed by atoms with E-state index in [0.717, 1.165) is 12.4 Å². The first-order chi connectivity index (χ1) is 13.8. The maximum absolute atomic E-state index is 12.9. The van der Waals surface area contributed by atoms with Crippen LogP contribution in [-0.4, -0.2) is 31.6 Å². The fourth-order valence-corrected chi connectivity index (χ4v) is 4.73. The Kier molecular flexibility index (Phi) is 4.39. The van der Waals surface area contributed by atoms with Crippen LogP contribution in [0.5, 0.6) is 0 Å². The van der Waals surface area contributed by atoms with E-state index in [1.807, 2.05) is 0 Å². The van der Waals surface area contributed by atoms with E-state index >= 15 is 0 Å². The Balaban J connectivity index is 1.82. The van der Waals surface area contributed by atoms with Gasteiger partial charge in [-0.05, 0) is 57.9 Å². The maximum atomic E-state index is 12.9. The standard InChI is InChI=1S/C20H15N3O5S/c1-23-20(25)18(19(24)21-14-6-8-15(22-26)9-7-14)16-10-12-4-2-3-5-13(12)11-17(16)29(23,27)28/h2-11,18H,1H3,(H,21,24). The van der Waals surface area contributed by atoms with Crippen molar-refractivity contribution in [3.05, 3.63) is 71.1 Å². The van der Waals surface area contributed by atoms with Gasteiger partial charge in [-0.3, -0.25) is 9.59 Å². The van der Waals surface area contributed by atoms with Crippen molar-refractivity contribution >= 4 is 44.0 Å². The van der Waals surface area contributed by atoms with Gasteiger partial charge in [0.2, 0.25) is 5.91 Å². The Labute approximate surface area is 166 Å². The number of rotatable bonds is 3. The van der Waals surface area contributed by atoms with Crippen LogP contribution in [0.2, 0.25) is 0 Å². The highest BCUT2D eigenvalue weighted by Crippen LogP contribution is 2.37. The number of hydrogen-bond donors (Lipinski definition) is 1. The SMILES string of the molecule is CN1C(=O)C(C(=O)Nc2ccc(N=O)cc2)c2cc3ccccc3cc2S1(=O)=O. The Morgan fingerprint density at radius 3 is 2.28 bits per heavy atom. The zero-order valence-corrected chi connectivity index (χ0v) is 16.0. The lowest BCUT2D eigenvalue weighted by Gasteiger charge is -2.30. The number of anilines is 1. The normalized spacial score (nSPS) is 17.6. The topological polar surface area (TPSA) is 113 Å². The van der Waals surface area contributed by atoms with E-state index in [-0.39, 0.29) is 16.1 Å². The van der Waals surface area contributed by atoms with Crippen molar-refractivity contribution in [2.75, 3.05) is 12.4 Å². The van der Waals surface area contributed by atoms with Gasteiger partial charge in [0, 0.05) is 12.7 Å². The minimum Gasteiger partial charge on any atom is -0.325 e. The average Bonchev–Trinajstić information content (AvgIpc) is 2.72. The summed E-state index contributed by atoms with van der Waals surface area (Å²) < 4.78 is 26.2. The van der Waals surface area contributed by atoms with Crippen LogP contribution in [0, 0.1) is 4.91 Å². The van der Waals surface area contributed by atoms with Crippen molar-refractivity contribution in [3.63, 3.8) is 0 Å². The molecule has 1 atom stereocenters. The van der Waals surface area contributed by atoms with Gasteiger partial charge in [-0.1, -0.05) is 24.3 Å². The molecule has 3 aromatic carbocycles. The first kappa shape index (κ1) is 18.8. The van der Waals surface area contributed by atoms with Crippen molar-refractivity contribution in [1.29, 1.82) is 0 Å². The molecule has 0 bridgehead atoms. The summed E-state index contributed by atoms with van der Waals surface area (Å²) in [5.41, 5.74) is 0.684. The monoisotopic (exact) mass is 409 g/mol. The Bertz CT molecular complexity index is 1270. The van der Waals surface area contributed by atoms with Gasteiger partial charge in [0.15, 0.2) is 0 Å². The van der Waals surface area contributed by atoms with E-state index in [9.17, 15) is 22.9 Å². The molecule has 4 rings (SSSR count). The highest BCUT2D eigenvalue weighted by Gasteiger charge is 2.44. The molecule has 1 unspecified atom stereocenters. The lowest BCUT2D eigenvalue weighted by Crippen LogP contribution is -2.45. The largest absolute Gasteiger partial charge is 0.325 e. The molecule has 0 saturated heterocycles. The third-order valence-electron chi connectivity index (χ3n) is 4.89. The third kappa shape index (κ3) is 3.05. The summed E-state index contributed by atoms with van der Waals surface area (Å²) >= 11 is 0. The van der Waals surface area contributed by atoms with E-state index < -0.39 is 27.8 Å². The Morgan fingerprint density at radius 1 is 1.03 bits per heavy atom. The van der Waals surface area contributed by atoms with Gasteiger partial charge in [-0.15, -0.1) is 4.91 Å². The number of sulfonamides is 1. The lowest BCUT2D eigenvalue weighted by molar-refractivity contribution is -0.132. The van der Waals surface area contributed by atoms with Gasteiger partial charge in [-0.25, -0.2) is 12.7 Å². The number of nitrogens with one attached hydrogen (secondary N) is 1. The van der Waals surface area contributed by atoms with Gasteiger partial charge >= 0.3 is 0 Å². The van der Waals surface area contributed by atoms with Crippen LogP contribution in [0.3, 0.4) is 0 Å². The number of carbonyl (C=O) groups is 2. The third-order valence-corrected chi connectivity index (χ3v) is 6.70. The predicted octanol–water partition coefficient (Wildman–Crippen LogP) is 3.12. The fraction of sp³-hybridized carbons (Fsp3) is 0.100. The van der Waals surface area contributed by atoms with Gasteiger partial charge in [0.1, 0.15) is 11.6 Å². The van der Waals surface area contributed by atoms with Crippen molar-refractivity contribution < 1.29 is 18.0 Å². The number of nitrogens with zero attached hydrogens (tertiary/aromatic N) is 2. The lowest BCUT2D eigenvalue weighted by atomic mass is 9.94. The van der Waals surface area contributed by atoms with E-state index in [2.05, 4.69) is 10.5 Å². The summed E-state index contributed by atoms with van der Waals surface area (Å²) in [5, 5.41) is 6.80. The van der Waals surface area contributed by atoms with Crippen LogP contribution < -0.4 is 5.32 Å². The van der Waals surface area contributed by atoms with E-state index in [1.54, 1.807) is 30.3 Å². The first-order valence-corrected chi connectivity index (χ1v) is 10.1. The first-order valence-electron chi connectivity index (χ1n) is 8.62. The summed E-state index contributed by atoms with van der Waals surface area (Å²) in [6.07, 6.45) is 0. The van der Waals surface area contributed by atoms with Crippen LogP contribution in [-0.2, 0) is 19.6 Å². The summed E-state index contributed by atoms with van der Waals surface area (Å²) in [6.45, 7) is 0. The second kappa shape index (κ2) is 6.78. The number of fused-ring (bicyclic) bond motifs is 2. The quantitative estimate of drug-likeness (QED) is 0.527.